The minimum Gasteiger partial charge on any atom is -0.384 e. The number of rotatable bonds is 1. The van der Waals surface area contributed by atoms with E-state index in [1.807, 2.05) is 11.3 Å². The first-order valence-electron chi connectivity index (χ1n) is 6.64. The van der Waals surface area contributed by atoms with Crippen LogP contribution in [0.1, 0.15) is 47.4 Å². The van der Waals surface area contributed by atoms with Gasteiger partial charge in [-0.05, 0) is 55.6 Å². The van der Waals surface area contributed by atoms with Crippen molar-refractivity contribution in [3.63, 3.8) is 0 Å². The topological polar surface area (TPSA) is 20.2 Å². The lowest BCUT2D eigenvalue weighted by atomic mass is 10.0. The first kappa shape index (κ1) is 9.67. The summed E-state index contributed by atoms with van der Waals surface area (Å²) in [5.74, 6) is 1.19. The van der Waals surface area contributed by atoms with Gasteiger partial charge in [0.05, 0.1) is 0 Å². The Morgan fingerprint density at radius 2 is 1.88 bits per heavy atom. The van der Waals surface area contributed by atoms with Crippen LogP contribution in [0.2, 0.25) is 0 Å². The van der Waals surface area contributed by atoms with Crippen molar-refractivity contribution in [3.8, 4) is 0 Å². The molecule has 2 atom stereocenters. The second-order valence-electron chi connectivity index (χ2n) is 5.74. The third-order valence-electron chi connectivity index (χ3n) is 4.93. The molecule has 86 valence electrons. The van der Waals surface area contributed by atoms with Gasteiger partial charge >= 0.3 is 0 Å². The molecule has 0 amide bonds. The molecule has 0 spiro atoms. The molecule has 1 N–H and O–H groups in total. The fourth-order valence-electron chi connectivity index (χ4n) is 3.98. The van der Waals surface area contributed by atoms with Crippen molar-refractivity contribution in [1.82, 2.24) is 0 Å². The number of aryl methyl sites for hydroxylation is 2. The number of hydrogen-bond donors (Lipinski definition) is 1. The Kier molecular flexibility index (Phi) is 1.88. The molecular weight excluding hydrogens is 216 g/mol. The van der Waals surface area contributed by atoms with Crippen molar-refractivity contribution in [2.75, 3.05) is 0 Å². The summed E-state index contributed by atoms with van der Waals surface area (Å²) in [6, 6.07) is 2.32. The number of thiophene rings is 1. The largest absolute Gasteiger partial charge is 0.384 e. The lowest BCUT2D eigenvalue weighted by molar-refractivity contribution is 0.122. The van der Waals surface area contributed by atoms with Crippen LogP contribution in [0.15, 0.2) is 6.07 Å². The molecule has 0 saturated heterocycles. The van der Waals surface area contributed by atoms with Crippen LogP contribution in [0.25, 0.3) is 0 Å². The number of aliphatic hydroxyl groups is 1. The average Bonchev–Trinajstić information content (AvgIpc) is 2.69. The Morgan fingerprint density at radius 3 is 2.56 bits per heavy atom. The van der Waals surface area contributed by atoms with Crippen LogP contribution >= 0.6 is 11.3 Å². The van der Waals surface area contributed by atoms with Gasteiger partial charge in [0, 0.05) is 9.75 Å². The molecule has 1 aromatic rings. The van der Waals surface area contributed by atoms with E-state index in [0.717, 1.165) is 0 Å². The highest BCUT2D eigenvalue weighted by Crippen LogP contribution is 2.65. The standard InChI is InChI=1S/C14H18OS/c15-14(10-5-1-2-6-11(10)14)13-8-9-4-3-7-12(9)16-13/h8,10-11,15H,1-7H2. The lowest BCUT2D eigenvalue weighted by Gasteiger charge is -2.07. The molecule has 0 aromatic carbocycles. The van der Waals surface area contributed by atoms with Crippen LogP contribution in [0, 0.1) is 11.8 Å². The van der Waals surface area contributed by atoms with Gasteiger partial charge in [-0.15, -0.1) is 11.3 Å². The zero-order valence-electron chi connectivity index (χ0n) is 9.54. The van der Waals surface area contributed by atoms with E-state index < -0.39 is 5.60 Å². The Hall–Kier alpha value is -0.340. The molecule has 1 nitrogen and oxygen atoms in total. The molecule has 3 aliphatic carbocycles. The molecule has 2 unspecified atom stereocenters. The van der Waals surface area contributed by atoms with E-state index in [2.05, 4.69) is 6.07 Å². The molecule has 0 bridgehead atoms. The van der Waals surface area contributed by atoms with E-state index >= 15 is 0 Å². The van der Waals surface area contributed by atoms with Gasteiger partial charge < -0.3 is 5.11 Å². The molecule has 1 heterocycles. The van der Waals surface area contributed by atoms with Crippen molar-refractivity contribution >= 4 is 11.3 Å². The monoisotopic (exact) mass is 234 g/mol. The van der Waals surface area contributed by atoms with E-state index in [-0.39, 0.29) is 0 Å². The quantitative estimate of drug-likeness (QED) is 0.791. The molecule has 0 aliphatic heterocycles. The molecular formula is C14H18OS. The SMILES string of the molecule is OC1(c2cc3c(s2)CCC3)C2CCCCC21. The van der Waals surface area contributed by atoms with E-state index in [1.54, 1.807) is 4.88 Å². The minimum absolute atomic E-state index is 0.397. The van der Waals surface area contributed by atoms with Crippen molar-refractivity contribution in [1.29, 1.82) is 0 Å². The van der Waals surface area contributed by atoms with E-state index in [1.165, 1.54) is 55.4 Å². The summed E-state index contributed by atoms with van der Waals surface area (Å²) in [7, 11) is 0. The first-order chi connectivity index (χ1) is 7.80. The summed E-state index contributed by atoms with van der Waals surface area (Å²) < 4.78 is 0. The zero-order chi connectivity index (χ0) is 10.8. The Bertz CT molecular complexity index is 400. The second-order valence-corrected chi connectivity index (χ2v) is 6.87. The van der Waals surface area contributed by atoms with Gasteiger partial charge in [-0.1, -0.05) is 12.8 Å². The van der Waals surface area contributed by atoms with E-state index in [9.17, 15) is 5.11 Å². The van der Waals surface area contributed by atoms with Gasteiger partial charge in [0.25, 0.3) is 0 Å². The first-order valence-corrected chi connectivity index (χ1v) is 7.46. The van der Waals surface area contributed by atoms with Gasteiger partial charge in [0.2, 0.25) is 0 Å². The summed E-state index contributed by atoms with van der Waals surface area (Å²) in [4.78, 5) is 2.86. The summed E-state index contributed by atoms with van der Waals surface area (Å²) >= 11 is 1.91. The van der Waals surface area contributed by atoms with Gasteiger partial charge in [0.1, 0.15) is 5.60 Å². The van der Waals surface area contributed by atoms with Gasteiger partial charge in [0.15, 0.2) is 0 Å². The minimum atomic E-state index is -0.397. The summed E-state index contributed by atoms with van der Waals surface area (Å²) in [6.45, 7) is 0. The smallest absolute Gasteiger partial charge is 0.105 e. The highest BCUT2D eigenvalue weighted by molar-refractivity contribution is 7.12. The maximum atomic E-state index is 10.8. The molecule has 1 aromatic heterocycles. The Balaban J connectivity index is 1.70. The van der Waals surface area contributed by atoms with Crippen LogP contribution in [0.3, 0.4) is 0 Å². The maximum Gasteiger partial charge on any atom is 0.105 e. The number of fused-ring (bicyclic) bond motifs is 2. The van der Waals surface area contributed by atoms with Crippen LogP contribution in [-0.4, -0.2) is 5.11 Å². The van der Waals surface area contributed by atoms with Crippen molar-refractivity contribution in [3.05, 3.63) is 21.4 Å². The Morgan fingerprint density at radius 1 is 1.12 bits per heavy atom. The molecule has 16 heavy (non-hydrogen) atoms. The van der Waals surface area contributed by atoms with Gasteiger partial charge in [-0.25, -0.2) is 0 Å². The van der Waals surface area contributed by atoms with Crippen molar-refractivity contribution in [2.45, 2.75) is 50.5 Å². The maximum absolute atomic E-state index is 10.8. The van der Waals surface area contributed by atoms with E-state index in [0.29, 0.717) is 11.8 Å². The van der Waals surface area contributed by atoms with Crippen LogP contribution in [0.5, 0.6) is 0 Å². The summed E-state index contributed by atoms with van der Waals surface area (Å²) in [5.41, 5.74) is 1.14. The normalized spacial score (nSPS) is 40.6. The highest BCUT2D eigenvalue weighted by Gasteiger charge is 2.65. The van der Waals surface area contributed by atoms with Crippen LogP contribution in [-0.2, 0) is 18.4 Å². The third kappa shape index (κ3) is 1.10. The predicted octanol–water partition coefficient (Wildman–Crippen LogP) is 3.24. The molecule has 3 aliphatic rings. The Labute approximate surface area is 100 Å². The summed E-state index contributed by atoms with van der Waals surface area (Å²) in [6.07, 6.45) is 8.99. The molecule has 2 saturated carbocycles. The van der Waals surface area contributed by atoms with Crippen LogP contribution < -0.4 is 0 Å². The third-order valence-corrected chi connectivity index (χ3v) is 6.31. The predicted molar refractivity (Wildman–Crippen MR) is 65.7 cm³/mol. The van der Waals surface area contributed by atoms with E-state index in [4.69, 9.17) is 0 Å². The average molecular weight is 234 g/mol. The van der Waals surface area contributed by atoms with Crippen LogP contribution in [0.4, 0.5) is 0 Å². The number of hydrogen-bond acceptors (Lipinski definition) is 2. The molecule has 4 rings (SSSR count). The molecule has 0 radical (unpaired) electrons. The second kappa shape index (κ2) is 3.11. The highest BCUT2D eigenvalue weighted by atomic mass is 32.1. The summed E-state index contributed by atoms with van der Waals surface area (Å²) in [5, 5.41) is 10.8. The van der Waals surface area contributed by atoms with Gasteiger partial charge in [-0.2, -0.15) is 0 Å². The lowest BCUT2D eigenvalue weighted by Crippen LogP contribution is -2.07. The fraction of sp³-hybridized carbons (Fsp3) is 0.714. The molecule has 2 heteroatoms. The fourth-order valence-corrected chi connectivity index (χ4v) is 5.46. The zero-order valence-corrected chi connectivity index (χ0v) is 10.4. The van der Waals surface area contributed by atoms with Crippen molar-refractivity contribution < 1.29 is 5.11 Å². The van der Waals surface area contributed by atoms with Crippen molar-refractivity contribution in [2.24, 2.45) is 11.8 Å². The van der Waals surface area contributed by atoms with Gasteiger partial charge in [-0.3, -0.25) is 0 Å². The molecule has 2 fully saturated rings.